The van der Waals surface area contributed by atoms with Crippen LogP contribution in [0.4, 0.5) is 23.1 Å². The van der Waals surface area contributed by atoms with Gasteiger partial charge in [-0.3, -0.25) is 4.79 Å². The van der Waals surface area contributed by atoms with Gasteiger partial charge in [-0.1, -0.05) is 42.4 Å². The number of sulfone groups is 1. The number of carbonyl (C=O) groups excluding carboxylic acids is 1. The molecule has 3 aromatic rings. The van der Waals surface area contributed by atoms with E-state index in [2.05, 4.69) is 32.5 Å². The van der Waals surface area contributed by atoms with Gasteiger partial charge in [-0.15, -0.1) is 0 Å². The summed E-state index contributed by atoms with van der Waals surface area (Å²) in [6, 6.07) is 13.9. The van der Waals surface area contributed by atoms with Crippen molar-refractivity contribution in [1.82, 2.24) is 9.97 Å². The number of para-hydroxylation sites is 1. The zero-order chi connectivity index (χ0) is 24.0. The molecule has 0 aliphatic carbocycles. The van der Waals surface area contributed by atoms with E-state index in [-0.39, 0.29) is 21.6 Å². The molecule has 0 unspecified atom stereocenters. The summed E-state index contributed by atoms with van der Waals surface area (Å²) in [5, 5.41) is 8.49. The van der Waals surface area contributed by atoms with Crippen molar-refractivity contribution in [2.75, 3.05) is 16.0 Å². The number of hydrogen-bond donors (Lipinski definition) is 3. The Kier molecular flexibility index (Phi) is 7.67. The van der Waals surface area contributed by atoms with Gasteiger partial charge in [0.15, 0.2) is 15.7 Å². The molecule has 0 spiro atoms. The lowest BCUT2D eigenvalue weighted by Crippen LogP contribution is -2.15. The molecule has 2 aromatic carbocycles. The fourth-order valence-corrected chi connectivity index (χ4v) is 4.21. The summed E-state index contributed by atoms with van der Waals surface area (Å²) in [6.45, 7) is 7.08. The van der Waals surface area contributed by atoms with E-state index >= 15 is 0 Å². The zero-order valence-electron chi connectivity index (χ0n) is 18.2. The van der Waals surface area contributed by atoms with Crippen molar-refractivity contribution >= 4 is 50.5 Å². The number of hydrogen-bond acceptors (Lipinski definition) is 7. The summed E-state index contributed by atoms with van der Waals surface area (Å²) < 4.78 is 25.4. The van der Waals surface area contributed by atoms with Gasteiger partial charge in [0.05, 0.1) is 22.0 Å². The van der Waals surface area contributed by atoms with Crippen LogP contribution in [0.25, 0.3) is 0 Å². The molecule has 0 fully saturated rings. The Hall–Kier alpha value is -3.43. The van der Waals surface area contributed by atoms with Crippen molar-refractivity contribution in [2.24, 2.45) is 0 Å². The fraction of sp³-hybridized carbons (Fsp3) is 0.174. The first-order chi connectivity index (χ1) is 15.7. The second-order valence-corrected chi connectivity index (χ2v) is 10.2. The van der Waals surface area contributed by atoms with Crippen molar-refractivity contribution in [3.05, 3.63) is 78.0 Å². The molecular formula is C23H24ClN5O3S. The van der Waals surface area contributed by atoms with Crippen molar-refractivity contribution in [3.63, 3.8) is 0 Å². The van der Waals surface area contributed by atoms with Crippen LogP contribution in [-0.2, 0) is 21.2 Å². The number of benzene rings is 2. The van der Waals surface area contributed by atoms with E-state index < -0.39 is 15.1 Å². The largest absolute Gasteiger partial charge is 0.350 e. The number of carbonyl (C=O) groups is 1. The quantitative estimate of drug-likeness (QED) is 0.373. The number of anilines is 4. The second kappa shape index (κ2) is 10.5. The van der Waals surface area contributed by atoms with E-state index in [1.54, 1.807) is 44.2 Å². The highest BCUT2D eigenvalue weighted by Crippen LogP contribution is 2.30. The van der Waals surface area contributed by atoms with Gasteiger partial charge in [0.2, 0.25) is 11.9 Å². The van der Waals surface area contributed by atoms with Crippen LogP contribution in [0.15, 0.2) is 72.3 Å². The van der Waals surface area contributed by atoms with E-state index in [0.717, 1.165) is 5.56 Å². The summed E-state index contributed by atoms with van der Waals surface area (Å²) >= 11 is 6.26. The summed E-state index contributed by atoms with van der Waals surface area (Å²) in [5.74, 6) is 0.274. The maximum Gasteiger partial charge on any atom is 0.247 e. The van der Waals surface area contributed by atoms with Crippen LogP contribution >= 0.6 is 11.6 Å². The molecule has 0 saturated heterocycles. The Morgan fingerprint density at radius 2 is 1.94 bits per heavy atom. The predicted octanol–water partition coefficient (Wildman–Crippen LogP) is 4.79. The standard InChI is InChI=1S/C23H24ClN5O3S/c1-4-21(30)27-17-9-7-8-16(12-17)13-25-23-26-14-18(24)22(29-23)28-19-10-5-6-11-20(19)33(31,32)15(2)3/h4-12,14-15H,1,13H2,2-3H3,(H,27,30)(H2,25,26,28,29). The normalized spacial score (nSPS) is 11.2. The maximum absolute atomic E-state index is 12.7. The van der Waals surface area contributed by atoms with Crippen molar-refractivity contribution < 1.29 is 13.2 Å². The summed E-state index contributed by atoms with van der Waals surface area (Å²) in [4.78, 5) is 20.2. The second-order valence-electron chi connectivity index (χ2n) is 7.35. The molecule has 0 aliphatic heterocycles. The van der Waals surface area contributed by atoms with Crippen molar-refractivity contribution in [3.8, 4) is 0 Å². The molecule has 0 bridgehead atoms. The lowest BCUT2D eigenvalue weighted by molar-refractivity contribution is -0.111. The lowest BCUT2D eigenvalue weighted by atomic mass is 10.2. The Bertz CT molecular complexity index is 1280. The minimum Gasteiger partial charge on any atom is -0.350 e. The van der Waals surface area contributed by atoms with Gasteiger partial charge in [-0.25, -0.2) is 13.4 Å². The van der Waals surface area contributed by atoms with Crippen LogP contribution in [0.2, 0.25) is 5.02 Å². The van der Waals surface area contributed by atoms with E-state index in [1.165, 1.54) is 12.3 Å². The molecule has 3 rings (SSSR count). The minimum atomic E-state index is -3.51. The molecule has 0 radical (unpaired) electrons. The molecule has 33 heavy (non-hydrogen) atoms. The topological polar surface area (TPSA) is 113 Å². The Morgan fingerprint density at radius 1 is 1.18 bits per heavy atom. The number of nitrogens with one attached hydrogen (secondary N) is 3. The molecule has 0 atom stereocenters. The van der Waals surface area contributed by atoms with Gasteiger partial charge in [-0.2, -0.15) is 4.98 Å². The molecule has 8 nitrogen and oxygen atoms in total. The summed E-state index contributed by atoms with van der Waals surface area (Å²) in [7, 11) is -3.51. The highest BCUT2D eigenvalue weighted by atomic mass is 35.5. The third-order valence-electron chi connectivity index (χ3n) is 4.64. The van der Waals surface area contributed by atoms with Gasteiger partial charge >= 0.3 is 0 Å². The molecule has 10 heteroatoms. The van der Waals surface area contributed by atoms with Crippen LogP contribution in [0, 0.1) is 0 Å². The molecule has 1 amide bonds. The van der Waals surface area contributed by atoms with Gasteiger partial charge < -0.3 is 16.0 Å². The average molecular weight is 486 g/mol. The van der Waals surface area contributed by atoms with Crippen LogP contribution < -0.4 is 16.0 Å². The monoisotopic (exact) mass is 485 g/mol. The lowest BCUT2D eigenvalue weighted by Gasteiger charge is -2.15. The van der Waals surface area contributed by atoms with Crippen LogP contribution in [0.5, 0.6) is 0 Å². The van der Waals surface area contributed by atoms with Crippen molar-refractivity contribution in [2.45, 2.75) is 30.5 Å². The van der Waals surface area contributed by atoms with Gasteiger partial charge in [0.25, 0.3) is 0 Å². The first-order valence-corrected chi connectivity index (χ1v) is 12.0. The number of aromatic nitrogens is 2. The highest BCUT2D eigenvalue weighted by Gasteiger charge is 2.23. The van der Waals surface area contributed by atoms with Crippen LogP contribution in [-0.4, -0.2) is 29.5 Å². The molecule has 3 N–H and O–H groups in total. The van der Waals surface area contributed by atoms with Crippen LogP contribution in [0.3, 0.4) is 0 Å². The number of nitrogens with zero attached hydrogens (tertiary/aromatic N) is 2. The molecule has 172 valence electrons. The smallest absolute Gasteiger partial charge is 0.247 e. The number of halogens is 1. The number of amides is 1. The van der Waals surface area contributed by atoms with E-state index in [9.17, 15) is 13.2 Å². The minimum absolute atomic E-state index is 0.169. The van der Waals surface area contributed by atoms with Gasteiger partial charge in [-0.05, 0) is 49.8 Å². The van der Waals surface area contributed by atoms with E-state index in [4.69, 9.17) is 11.6 Å². The Labute approximate surface area is 198 Å². The SMILES string of the molecule is C=CC(=O)Nc1cccc(CNc2ncc(Cl)c(Nc3ccccc3S(=O)(=O)C(C)C)n2)c1. The average Bonchev–Trinajstić information content (AvgIpc) is 2.80. The molecular weight excluding hydrogens is 462 g/mol. The summed E-state index contributed by atoms with van der Waals surface area (Å²) in [5.41, 5.74) is 1.91. The zero-order valence-corrected chi connectivity index (χ0v) is 19.7. The third-order valence-corrected chi connectivity index (χ3v) is 7.13. The van der Waals surface area contributed by atoms with Crippen molar-refractivity contribution in [1.29, 1.82) is 0 Å². The van der Waals surface area contributed by atoms with E-state index in [0.29, 0.717) is 23.9 Å². The first kappa shape index (κ1) is 24.2. The van der Waals surface area contributed by atoms with Crippen LogP contribution in [0.1, 0.15) is 19.4 Å². The van der Waals surface area contributed by atoms with Gasteiger partial charge in [0, 0.05) is 12.2 Å². The Morgan fingerprint density at radius 3 is 2.67 bits per heavy atom. The highest BCUT2D eigenvalue weighted by molar-refractivity contribution is 7.92. The summed E-state index contributed by atoms with van der Waals surface area (Å²) in [6.07, 6.45) is 2.63. The third kappa shape index (κ3) is 6.09. The first-order valence-electron chi connectivity index (χ1n) is 10.1. The molecule has 0 saturated carbocycles. The predicted molar refractivity (Wildman–Crippen MR) is 132 cm³/mol. The molecule has 1 heterocycles. The molecule has 1 aromatic heterocycles. The van der Waals surface area contributed by atoms with E-state index in [1.807, 2.05) is 18.2 Å². The number of rotatable bonds is 9. The fourth-order valence-electron chi connectivity index (χ4n) is 2.87. The Balaban J connectivity index is 1.79. The molecule has 0 aliphatic rings. The van der Waals surface area contributed by atoms with Gasteiger partial charge in [0.1, 0.15) is 5.02 Å². The maximum atomic E-state index is 12.7.